The molecule has 4 rings (SSSR count). The number of aromatic hydroxyl groups is 2. The molecule has 0 spiro atoms. The van der Waals surface area contributed by atoms with Gasteiger partial charge in [-0.15, -0.1) is 0 Å². The molecule has 1 aliphatic heterocycles. The van der Waals surface area contributed by atoms with Crippen molar-refractivity contribution in [2.45, 2.75) is 27.7 Å². The van der Waals surface area contributed by atoms with Gasteiger partial charge in [0.05, 0.1) is 0 Å². The Morgan fingerprint density at radius 1 is 0.778 bits per heavy atom. The highest BCUT2D eigenvalue weighted by atomic mass is 16.5. The van der Waals surface area contributed by atoms with E-state index >= 15 is 0 Å². The lowest BCUT2D eigenvalue weighted by molar-refractivity contribution is 0.429. The maximum Gasteiger partial charge on any atom is 0.141 e. The fraction of sp³-hybridized carbons (Fsp3) is 0.167. The molecule has 0 unspecified atom stereocenters. The Balaban J connectivity index is 2.26. The number of aryl methyl sites for hydroxylation is 2. The van der Waals surface area contributed by atoms with Gasteiger partial charge >= 0.3 is 0 Å². The second kappa shape index (κ2) is 5.92. The number of ether oxygens (including phenoxy) is 1. The van der Waals surface area contributed by atoms with Crippen molar-refractivity contribution in [3.63, 3.8) is 0 Å². The molecule has 136 valence electrons. The van der Waals surface area contributed by atoms with Crippen LogP contribution < -0.4 is 15.2 Å². The molecule has 0 aliphatic carbocycles. The first kappa shape index (κ1) is 17.2. The van der Waals surface area contributed by atoms with Crippen LogP contribution in [0.3, 0.4) is 0 Å². The van der Waals surface area contributed by atoms with E-state index in [-0.39, 0.29) is 11.5 Å². The van der Waals surface area contributed by atoms with Crippen molar-refractivity contribution in [3.8, 4) is 23.0 Å². The molecule has 2 N–H and O–H groups in total. The molecule has 0 amide bonds. The van der Waals surface area contributed by atoms with Gasteiger partial charge in [-0.1, -0.05) is 30.8 Å². The Morgan fingerprint density at radius 2 is 1.26 bits per heavy atom. The first-order valence-electron chi connectivity index (χ1n) is 8.94. The zero-order chi connectivity index (χ0) is 19.5. The van der Waals surface area contributed by atoms with Gasteiger partial charge in [-0.3, -0.25) is 0 Å². The van der Waals surface area contributed by atoms with Crippen LogP contribution in [0.25, 0.3) is 12.2 Å². The van der Waals surface area contributed by atoms with E-state index in [1.54, 1.807) is 0 Å². The maximum atomic E-state index is 10.4. The Kier molecular flexibility index (Phi) is 3.77. The quantitative estimate of drug-likeness (QED) is 0.498. The number of hydrogen-bond acceptors (Lipinski definition) is 3. The second-order valence-corrected chi connectivity index (χ2v) is 7.22. The molecule has 1 heterocycles. The average Bonchev–Trinajstić information content (AvgIpc) is 2.64. The summed E-state index contributed by atoms with van der Waals surface area (Å²) in [5, 5.41) is 22.8. The second-order valence-electron chi connectivity index (χ2n) is 7.22. The number of hydrogen-bond donors (Lipinski definition) is 2. The van der Waals surface area contributed by atoms with Crippen LogP contribution in [0.4, 0.5) is 0 Å². The van der Waals surface area contributed by atoms with Gasteiger partial charge in [0.1, 0.15) is 23.0 Å². The van der Waals surface area contributed by atoms with Gasteiger partial charge in [0.15, 0.2) is 0 Å². The summed E-state index contributed by atoms with van der Waals surface area (Å²) >= 11 is 0. The van der Waals surface area contributed by atoms with E-state index in [0.29, 0.717) is 22.6 Å². The van der Waals surface area contributed by atoms with Crippen LogP contribution in [0.2, 0.25) is 0 Å². The number of fused-ring (bicyclic) bond motifs is 2. The summed E-state index contributed by atoms with van der Waals surface area (Å²) in [6.07, 6.45) is 0. The number of benzene rings is 3. The number of rotatable bonds is 0. The zero-order valence-corrected chi connectivity index (χ0v) is 16.0. The van der Waals surface area contributed by atoms with E-state index in [1.165, 1.54) is 0 Å². The molecule has 27 heavy (non-hydrogen) atoms. The first-order valence-corrected chi connectivity index (χ1v) is 8.94. The molecule has 0 aromatic heterocycles. The topological polar surface area (TPSA) is 49.7 Å². The molecule has 0 radical (unpaired) electrons. The molecule has 0 atom stereocenters. The van der Waals surface area contributed by atoms with Gasteiger partial charge in [0.2, 0.25) is 0 Å². The molecule has 1 aliphatic rings. The number of phenols is 2. The third-order valence-corrected chi connectivity index (χ3v) is 5.38. The van der Waals surface area contributed by atoms with Crippen molar-refractivity contribution < 1.29 is 14.9 Å². The Labute approximate surface area is 158 Å². The molecule has 3 aromatic carbocycles. The summed E-state index contributed by atoms with van der Waals surface area (Å²) in [6.45, 7) is 11.7. The normalized spacial score (nSPS) is 12.4. The number of phenolic OH excluding ortho intramolecular Hbond substituents is 2. The summed E-state index contributed by atoms with van der Waals surface area (Å²) in [5.41, 5.74) is 5.83. The van der Waals surface area contributed by atoms with Gasteiger partial charge in [0.25, 0.3) is 0 Å². The predicted octanol–water partition coefficient (Wildman–Crippen LogP) is 4.09. The molecule has 3 nitrogen and oxygen atoms in total. The van der Waals surface area contributed by atoms with Crippen LogP contribution >= 0.6 is 0 Å². The standard InChI is InChI=1S/C24H22O3/c1-12-8-6-7-9-17(12)20-18-10-13(2)21(25)15(4)23(18)27-24-16(5)22(26)14(3)11-19(20)24/h6-11,25-26H,1H2,2-5H3. The molecular formula is C24H22O3. The van der Waals surface area contributed by atoms with Crippen LogP contribution in [-0.4, -0.2) is 10.2 Å². The van der Waals surface area contributed by atoms with Gasteiger partial charge in [-0.25, -0.2) is 0 Å². The first-order chi connectivity index (χ1) is 12.8. The summed E-state index contributed by atoms with van der Waals surface area (Å²) in [6, 6.07) is 11.9. The highest BCUT2D eigenvalue weighted by Crippen LogP contribution is 2.50. The van der Waals surface area contributed by atoms with E-state index in [9.17, 15) is 10.2 Å². The lowest BCUT2D eigenvalue weighted by Crippen LogP contribution is -2.27. The smallest absolute Gasteiger partial charge is 0.141 e. The SMILES string of the molecule is C=c1ccccc1=C1c2cc(C)c(O)c(C)c2Oc2c1cc(C)c(O)c2C. The van der Waals surface area contributed by atoms with Crippen molar-refractivity contribution >= 4 is 12.2 Å². The minimum absolute atomic E-state index is 0.230. The van der Waals surface area contributed by atoms with Crippen molar-refractivity contribution in [3.05, 3.63) is 80.2 Å². The molecule has 0 bridgehead atoms. The van der Waals surface area contributed by atoms with Gasteiger partial charge in [0, 0.05) is 27.8 Å². The third-order valence-electron chi connectivity index (χ3n) is 5.38. The average molecular weight is 358 g/mol. The third kappa shape index (κ3) is 2.42. The predicted molar refractivity (Wildman–Crippen MR) is 108 cm³/mol. The highest BCUT2D eigenvalue weighted by molar-refractivity contribution is 5.90. The molecule has 3 aromatic rings. The summed E-state index contributed by atoms with van der Waals surface area (Å²) in [4.78, 5) is 0. The van der Waals surface area contributed by atoms with E-state index in [4.69, 9.17) is 4.74 Å². The van der Waals surface area contributed by atoms with Gasteiger partial charge in [-0.05, 0) is 61.4 Å². The summed E-state index contributed by atoms with van der Waals surface area (Å²) < 4.78 is 6.24. The maximum absolute atomic E-state index is 10.4. The van der Waals surface area contributed by atoms with E-state index in [0.717, 1.165) is 38.3 Å². The highest BCUT2D eigenvalue weighted by Gasteiger charge is 2.29. The van der Waals surface area contributed by atoms with Gasteiger partial charge < -0.3 is 14.9 Å². The molecular weight excluding hydrogens is 336 g/mol. The lowest BCUT2D eigenvalue weighted by Gasteiger charge is -2.28. The fourth-order valence-corrected chi connectivity index (χ4v) is 3.85. The molecule has 0 fully saturated rings. The largest absolute Gasteiger partial charge is 0.507 e. The Morgan fingerprint density at radius 3 is 1.74 bits per heavy atom. The van der Waals surface area contributed by atoms with Crippen LogP contribution in [0.5, 0.6) is 23.0 Å². The zero-order valence-electron chi connectivity index (χ0n) is 16.0. The van der Waals surface area contributed by atoms with Crippen molar-refractivity contribution in [2.75, 3.05) is 0 Å². The van der Waals surface area contributed by atoms with Crippen molar-refractivity contribution in [1.82, 2.24) is 0 Å². The monoisotopic (exact) mass is 358 g/mol. The minimum atomic E-state index is 0.230. The Hall–Kier alpha value is -3.20. The molecule has 0 saturated heterocycles. The molecule has 0 saturated carbocycles. The minimum Gasteiger partial charge on any atom is -0.507 e. The molecule has 3 heteroatoms. The van der Waals surface area contributed by atoms with Crippen LogP contribution in [-0.2, 0) is 0 Å². The fourth-order valence-electron chi connectivity index (χ4n) is 3.85. The van der Waals surface area contributed by atoms with Crippen LogP contribution in [0.1, 0.15) is 33.4 Å². The van der Waals surface area contributed by atoms with Crippen LogP contribution in [0, 0.1) is 27.7 Å². The lowest BCUT2D eigenvalue weighted by atomic mass is 9.86. The van der Waals surface area contributed by atoms with E-state index < -0.39 is 0 Å². The van der Waals surface area contributed by atoms with E-state index in [2.05, 4.69) is 6.58 Å². The van der Waals surface area contributed by atoms with Gasteiger partial charge in [-0.2, -0.15) is 0 Å². The summed E-state index contributed by atoms with van der Waals surface area (Å²) in [7, 11) is 0. The van der Waals surface area contributed by atoms with E-state index in [1.807, 2.05) is 64.1 Å². The van der Waals surface area contributed by atoms with Crippen LogP contribution in [0.15, 0.2) is 36.4 Å². The Bertz CT molecular complexity index is 1150. The van der Waals surface area contributed by atoms with Crippen molar-refractivity contribution in [2.24, 2.45) is 0 Å². The van der Waals surface area contributed by atoms with Crippen molar-refractivity contribution in [1.29, 1.82) is 0 Å². The summed E-state index contributed by atoms with van der Waals surface area (Å²) in [5.74, 6) is 1.70.